The van der Waals surface area contributed by atoms with Crippen molar-refractivity contribution in [3.8, 4) is 0 Å². The molecule has 0 saturated carbocycles. The number of carbonyl (C=O) groups excluding carboxylic acids is 1. The van der Waals surface area contributed by atoms with Gasteiger partial charge in [0.05, 0.1) is 12.3 Å². The first-order valence-corrected chi connectivity index (χ1v) is 9.72. The Morgan fingerprint density at radius 3 is 2.56 bits per heavy atom. The minimum Gasteiger partial charge on any atom is -0.459 e. The molecule has 0 saturated heterocycles. The van der Waals surface area contributed by atoms with Crippen molar-refractivity contribution in [3.05, 3.63) is 88.3 Å². The van der Waals surface area contributed by atoms with Crippen molar-refractivity contribution in [2.75, 3.05) is 0 Å². The maximum absolute atomic E-state index is 12.6. The van der Waals surface area contributed by atoms with Gasteiger partial charge in [-0.25, -0.2) is 0 Å². The molecule has 1 unspecified atom stereocenters. The normalized spacial score (nSPS) is 11.9. The Balaban J connectivity index is 1.64. The molecule has 2 aromatic carbocycles. The van der Waals surface area contributed by atoms with Crippen molar-refractivity contribution >= 4 is 33.6 Å². The summed E-state index contributed by atoms with van der Waals surface area (Å²) in [5, 5.41) is 3.00. The minimum absolute atomic E-state index is 0.0969. The lowest BCUT2D eigenvalue weighted by molar-refractivity contribution is 0.0911. The van der Waals surface area contributed by atoms with Crippen LogP contribution >= 0.6 is 27.7 Å². The van der Waals surface area contributed by atoms with E-state index in [1.165, 1.54) is 4.90 Å². The summed E-state index contributed by atoms with van der Waals surface area (Å²) < 4.78 is 6.45. The fourth-order valence-corrected chi connectivity index (χ4v) is 3.59. The fraction of sp³-hybridized carbons (Fsp3) is 0.150. The Kier molecular flexibility index (Phi) is 6.00. The highest BCUT2D eigenvalue weighted by molar-refractivity contribution is 9.10. The molecule has 3 rings (SSSR count). The van der Waals surface area contributed by atoms with E-state index in [0.717, 1.165) is 15.6 Å². The van der Waals surface area contributed by atoms with Crippen molar-refractivity contribution in [1.29, 1.82) is 0 Å². The predicted molar refractivity (Wildman–Crippen MR) is 105 cm³/mol. The largest absolute Gasteiger partial charge is 0.459 e. The van der Waals surface area contributed by atoms with Crippen LogP contribution in [0.5, 0.6) is 0 Å². The highest BCUT2D eigenvalue weighted by Crippen LogP contribution is 2.25. The van der Waals surface area contributed by atoms with Gasteiger partial charge >= 0.3 is 0 Å². The molecular formula is C20H18BrNO2S. The molecule has 5 heteroatoms. The summed E-state index contributed by atoms with van der Waals surface area (Å²) in [7, 11) is 0. The number of nitrogens with one attached hydrogen (secondary N) is 1. The summed E-state index contributed by atoms with van der Waals surface area (Å²) in [6.07, 6.45) is 1.57. The molecule has 1 atom stereocenters. The van der Waals surface area contributed by atoms with Crippen molar-refractivity contribution in [3.63, 3.8) is 0 Å². The summed E-state index contributed by atoms with van der Waals surface area (Å²) in [4.78, 5) is 13.7. The van der Waals surface area contributed by atoms with E-state index in [1.807, 2.05) is 55.5 Å². The summed E-state index contributed by atoms with van der Waals surface area (Å²) in [5.74, 6) is 0.882. The zero-order valence-corrected chi connectivity index (χ0v) is 16.1. The molecular weight excluding hydrogens is 398 g/mol. The Labute approximate surface area is 160 Å². The van der Waals surface area contributed by atoms with Gasteiger partial charge in [0, 0.05) is 20.7 Å². The number of halogens is 1. The molecule has 1 amide bonds. The highest BCUT2D eigenvalue weighted by atomic mass is 79.9. The summed E-state index contributed by atoms with van der Waals surface area (Å²) in [5.41, 5.74) is 1.94. The van der Waals surface area contributed by atoms with Crippen LogP contribution in [0.25, 0.3) is 0 Å². The van der Waals surface area contributed by atoms with Crippen LogP contribution in [0.3, 0.4) is 0 Å². The number of amides is 1. The molecule has 1 heterocycles. The third kappa shape index (κ3) is 4.77. The van der Waals surface area contributed by atoms with E-state index >= 15 is 0 Å². The van der Waals surface area contributed by atoms with E-state index in [4.69, 9.17) is 4.42 Å². The molecule has 0 aliphatic carbocycles. The van der Waals surface area contributed by atoms with E-state index in [-0.39, 0.29) is 11.9 Å². The zero-order valence-electron chi connectivity index (χ0n) is 13.7. The minimum atomic E-state index is -0.191. The molecule has 1 N–H and O–H groups in total. The fourth-order valence-electron chi connectivity index (χ4n) is 2.42. The number of furan rings is 1. The smallest absolute Gasteiger partial charge is 0.287 e. The quantitative estimate of drug-likeness (QED) is 0.515. The number of hydrogen-bond acceptors (Lipinski definition) is 3. The molecule has 0 aliphatic rings. The third-order valence-corrected chi connectivity index (χ3v) is 5.40. The standard InChI is InChI=1S/C20H18BrNO2S/c1-14(15-7-9-17(21)10-8-15)22-20(23)19-16(11-12-24-19)13-25-18-5-3-2-4-6-18/h2-12,14H,13H2,1H3,(H,22,23). The van der Waals surface area contributed by atoms with Gasteiger partial charge in [0.15, 0.2) is 5.76 Å². The number of hydrogen-bond donors (Lipinski definition) is 1. The number of benzene rings is 2. The van der Waals surface area contributed by atoms with Gasteiger partial charge in [-0.05, 0) is 42.8 Å². The second-order valence-electron chi connectivity index (χ2n) is 5.62. The topological polar surface area (TPSA) is 42.2 Å². The van der Waals surface area contributed by atoms with Gasteiger partial charge in [0.1, 0.15) is 0 Å². The number of rotatable bonds is 6. The first-order valence-electron chi connectivity index (χ1n) is 7.94. The predicted octanol–water partition coefficient (Wildman–Crippen LogP) is 5.83. The van der Waals surface area contributed by atoms with Crippen LogP contribution in [0, 0.1) is 0 Å². The third-order valence-electron chi connectivity index (χ3n) is 3.81. The van der Waals surface area contributed by atoms with E-state index < -0.39 is 0 Å². The van der Waals surface area contributed by atoms with E-state index in [2.05, 4.69) is 33.4 Å². The van der Waals surface area contributed by atoms with Gasteiger partial charge < -0.3 is 9.73 Å². The first-order chi connectivity index (χ1) is 12.1. The van der Waals surface area contributed by atoms with Gasteiger partial charge in [0.2, 0.25) is 0 Å². The van der Waals surface area contributed by atoms with Crippen LogP contribution in [0.2, 0.25) is 0 Å². The van der Waals surface area contributed by atoms with Crippen LogP contribution < -0.4 is 5.32 Å². The van der Waals surface area contributed by atoms with Crippen molar-refractivity contribution in [2.24, 2.45) is 0 Å². The second-order valence-corrected chi connectivity index (χ2v) is 7.59. The molecule has 0 radical (unpaired) electrons. The number of thioether (sulfide) groups is 1. The average molecular weight is 416 g/mol. The molecule has 1 aromatic heterocycles. The van der Waals surface area contributed by atoms with Crippen LogP contribution in [0.15, 0.2) is 80.7 Å². The van der Waals surface area contributed by atoms with Crippen LogP contribution in [-0.4, -0.2) is 5.91 Å². The molecule has 25 heavy (non-hydrogen) atoms. The molecule has 0 bridgehead atoms. The summed E-state index contributed by atoms with van der Waals surface area (Å²) in [6, 6.07) is 19.8. The molecule has 3 aromatic rings. The Bertz CT molecular complexity index is 830. The van der Waals surface area contributed by atoms with E-state index in [1.54, 1.807) is 18.0 Å². The molecule has 0 spiro atoms. The van der Waals surface area contributed by atoms with E-state index in [9.17, 15) is 4.79 Å². The van der Waals surface area contributed by atoms with Gasteiger partial charge in [-0.1, -0.05) is 46.3 Å². The molecule has 0 aliphatic heterocycles. The maximum atomic E-state index is 12.6. The first kappa shape index (κ1) is 17.8. The lowest BCUT2D eigenvalue weighted by atomic mass is 10.1. The van der Waals surface area contributed by atoms with Crippen LogP contribution in [0.1, 0.15) is 34.6 Å². The van der Waals surface area contributed by atoms with Crippen LogP contribution in [0.4, 0.5) is 0 Å². The molecule has 0 fully saturated rings. The lowest BCUT2D eigenvalue weighted by Gasteiger charge is -2.14. The Morgan fingerprint density at radius 2 is 1.84 bits per heavy atom. The van der Waals surface area contributed by atoms with Crippen molar-refractivity contribution in [2.45, 2.75) is 23.6 Å². The van der Waals surface area contributed by atoms with Crippen molar-refractivity contribution in [1.82, 2.24) is 5.32 Å². The SMILES string of the molecule is CC(NC(=O)c1occc1CSc1ccccc1)c1ccc(Br)cc1. The monoisotopic (exact) mass is 415 g/mol. The Hall–Kier alpha value is -1.98. The van der Waals surface area contributed by atoms with Gasteiger partial charge in [-0.3, -0.25) is 4.79 Å². The summed E-state index contributed by atoms with van der Waals surface area (Å²) >= 11 is 5.10. The van der Waals surface area contributed by atoms with Gasteiger partial charge in [0.25, 0.3) is 5.91 Å². The Morgan fingerprint density at radius 1 is 1.12 bits per heavy atom. The molecule has 128 valence electrons. The number of carbonyl (C=O) groups is 1. The van der Waals surface area contributed by atoms with E-state index in [0.29, 0.717) is 11.5 Å². The lowest BCUT2D eigenvalue weighted by Crippen LogP contribution is -2.27. The molecule has 3 nitrogen and oxygen atoms in total. The zero-order chi connectivity index (χ0) is 17.6. The van der Waals surface area contributed by atoms with Crippen LogP contribution in [-0.2, 0) is 5.75 Å². The maximum Gasteiger partial charge on any atom is 0.287 e. The summed E-state index contributed by atoms with van der Waals surface area (Å²) in [6.45, 7) is 1.96. The second kappa shape index (κ2) is 8.41. The van der Waals surface area contributed by atoms with Crippen molar-refractivity contribution < 1.29 is 9.21 Å². The average Bonchev–Trinajstić information content (AvgIpc) is 3.10. The highest BCUT2D eigenvalue weighted by Gasteiger charge is 2.18. The van der Waals surface area contributed by atoms with Gasteiger partial charge in [-0.2, -0.15) is 0 Å². The van der Waals surface area contributed by atoms with Gasteiger partial charge in [-0.15, -0.1) is 11.8 Å².